The summed E-state index contributed by atoms with van der Waals surface area (Å²) in [6.07, 6.45) is 1.18. The van der Waals surface area contributed by atoms with Crippen LogP contribution in [0.4, 0.5) is 4.79 Å². The van der Waals surface area contributed by atoms with Gasteiger partial charge in [-0.3, -0.25) is 14.4 Å². The summed E-state index contributed by atoms with van der Waals surface area (Å²) in [5, 5.41) is 25.8. The molecule has 0 saturated heterocycles. The van der Waals surface area contributed by atoms with Crippen molar-refractivity contribution in [2.24, 2.45) is 11.8 Å². The average Bonchev–Trinajstić information content (AvgIpc) is 2.81. The van der Waals surface area contributed by atoms with Gasteiger partial charge in [0, 0.05) is 18.9 Å². The van der Waals surface area contributed by atoms with Crippen molar-refractivity contribution in [3.05, 3.63) is 35.9 Å². The number of hydrogen-bond acceptors (Lipinski definition) is 6. The zero-order chi connectivity index (χ0) is 27.6. The zero-order valence-corrected chi connectivity index (χ0v) is 21.5. The van der Waals surface area contributed by atoms with Crippen molar-refractivity contribution in [2.45, 2.75) is 77.0 Å². The molecule has 1 fully saturated rings. The van der Waals surface area contributed by atoms with Crippen molar-refractivity contribution in [2.75, 3.05) is 6.54 Å². The Morgan fingerprint density at radius 2 is 1.57 bits per heavy atom. The lowest BCUT2D eigenvalue weighted by atomic mass is 9.81. The fourth-order valence-electron chi connectivity index (χ4n) is 4.17. The number of aliphatic carboxylic acids is 2. The molecule has 0 aromatic heterocycles. The molecule has 1 saturated carbocycles. The molecule has 0 unspecified atom stereocenters. The zero-order valence-electron chi connectivity index (χ0n) is 21.5. The number of carboxylic acid groups (broad SMARTS) is 2. The van der Waals surface area contributed by atoms with E-state index >= 15 is 0 Å². The fourth-order valence-corrected chi connectivity index (χ4v) is 4.17. The molecule has 0 heterocycles. The van der Waals surface area contributed by atoms with Gasteiger partial charge >= 0.3 is 18.0 Å². The molecule has 2 rings (SSSR count). The van der Waals surface area contributed by atoms with Crippen LogP contribution in [0.1, 0.15) is 58.4 Å². The van der Waals surface area contributed by atoms with Gasteiger partial charge in [0.25, 0.3) is 0 Å². The molecule has 5 N–H and O–H groups in total. The van der Waals surface area contributed by atoms with Crippen LogP contribution >= 0.6 is 0 Å². The van der Waals surface area contributed by atoms with Crippen LogP contribution in [0.15, 0.2) is 30.3 Å². The predicted octanol–water partition coefficient (Wildman–Crippen LogP) is 2.09. The van der Waals surface area contributed by atoms with E-state index in [2.05, 4.69) is 16.0 Å². The maximum absolute atomic E-state index is 13.0. The summed E-state index contributed by atoms with van der Waals surface area (Å²) in [6.45, 7) is 5.58. The number of carboxylic acids is 2. The van der Waals surface area contributed by atoms with Crippen LogP contribution in [0.3, 0.4) is 0 Å². The van der Waals surface area contributed by atoms with E-state index < -0.39 is 54.0 Å². The van der Waals surface area contributed by atoms with Crippen LogP contribution in [0.5, 0.6) is 0 Å². The molecule has 1 aliphatic rings. The third kappa shape index (κ3) is 10.9. The minimum Gasteiger partial charge on any atom is -0.481 e. The first-order valence-electron chi connectivity index (χ1n) is 12.4. The number of hydrogen-bond donors (Lipinski definition) is 5. The van der Waals surface area contributed by atoms with E-state index in [9.17, 15) is 24.0 Å². The third-order valence-corrected chi connectivity index (χ3v) is 6.07. The molecule has 11 heteroatoms. The van der Waals surface area contributed by atoms with Crippen molar-refractivity contribution in [1.29, 1.82) is 0 Å². The molecule has 3 amide bonds. The van der Waals surface area contributed by atoms with E-state index in [-0.39, 0.29) is 11.8 Å². The molecule has 0 spiro atoms. The molecule has 11 nitrogen and oxygen atoms in total. The first-order chi connectivity index (χ1) is 17.3. The van der Waals surface area contributed by atoms with Crippen LogP contribution in [0.25, 0.3) is 0 Å². The minimum absolute atomic E-state index is 0.112. The molecule has 0 radical (unpaired) electrons. The predicted molar refractivity (Wildman–Crippen MR) is 134 cm³/mol. The summed E-state index contributed by atoms with van der Waals surface area (Å²) >= 11 is 0. The van der Waals surface area contributed by atoms with Gasteiger partial charge in [-0.15, -0.1) is 0 Å². The molecular weight excluding hydrogens is 482 g/mol. The lowest BCUT2D eigenvalue weighted by Gasteiger charge is -2.29. The van der Waals surface area contributed by atoms with Crippen molar-refractivity contribution < 1.29 is 38.9 Å². The number of carbonyl (C=O) groups is 5. The second kappa shape index (κ2) is 13.6. The van der Waals surface area contributed by atoms with Gasteiger partial charge in [-0.1, -0.05) is 30.3 Å². The van der Waals surface area contributed by atoms with Crippen molar-refractivity contribution in [1.82, 2.24) is 16.0 Å². The van der Waals surface area contributed by atoms with Gasteiger partial charge in [0.15, 0.2) is 0 Å². The Balaban J connectivity index is 1.88. The lowest BCUT2D eigenvalue weighted by molar-refractivity contribution is -0.147. The number of ether oxygens (including phenoxy) is 1. The van der Waals surface area contributed by atoms with Crippen molar-refractivity contribution in [3.63, 3.8) is 0 Å². The quantitative estimate of drug-likeness (QED) is 0.296. The van der Waals surface area contributed by atoms with Crippen LogP contribution in [-0.2, 0) is 30.3 Å². The highest BCUT2D eigenvalue weighted by Crippen LogP contribution is 2.28. The van der Waals surface area contributed by atoms with Crippen molar-refractivity contribution >= 4 is 29.8 Å². The smallest absolute Gasteiger partial charge is 0.408 e. The molecule has 1 aromatic carbocycles. The Hall–Kier alpha value is -3.63. The first kappa shape index (κ1) is 29.6. The molecule has 1 aromatic rings. The lowest BCUT2D eigenvalue weighted by Crippen LogP contribution is -2.50. The third-order valence-electron chi connectivity index (χ3n) is 6.07. The first-order valence-corrected chi connectivity index (χ1v) is 12.4. The fraction of sp³-hybridized carbons (Fsp3) is 0.577. The highest BCUT2D eigenvalue weighted by Gasteiger charge is 2.31. The average molecular weight is 520 g/mol. The minimum atomic E-state index is -1.47. The molecule has 0 aliphatic heterocycles. The van der Waals surface area contributed by atoms with Gasteiger partial charge in [-0.05, 0) is 57.9 Å². The SMILES string of the molecule is CC(C)(C)OC(=O)N[C@@H](Cc1ccccc1)C(=O)NCC1CCC(C(=O)N[C@@H](CC(=O)O)C(=O)O)CC1. The van der Waals surface area contributed by atoms with E-state index in [0.29, 0.717) is 38.6 Å². The van der Waals surface area contributed by atoms with E-state index in [0.717, 1.165) is 5.56 Å². The summed E-state index contributed by atoms with van der Waals surface area (Å²) in [5.41, 5.74) is 0.175. The number of amides is 3. The molecular formula is C26H37N3O8. The second-order valence-electron chi connectivity index (χ2n) is 10.3. The number of nitrogens with one attached hydrogen (secondary N) is 3. The summed E-state index contributed by atoms with van der Waals surface area (Å²) in [6, 6.07) is 7.01. The number of rotatable bonds is 11. The molecule has 1 aliphatic carbocycles. The Kier molecular flexibility index (Phi) is 10.9. The number of carbonyl (C=O) groups excluding carboxylic acids is 3. The van der Waals surface area contributed by atoms with Gasteiger partial charge in [-0.25, -0.2) is 9.59 Å². The highest BCUT2D eigenvalue weighted by atomic mass is 16.6. The monoisotopic (exact) mass is 519 g/mol. The molecule has 0 bridgehead atoms. The Labute approximate surface area is 216 Å². The van der Waals surface area contributed by atoms with Crippen LogP contribution in [0, 0.1) is 11.8 Å². The molecule has 2 atom stereocenters. The van der Waals surface area contributed by atoms with E-state index in [4.69, 9.17) is 14.9 Å². The summed E-state index contributed by atoms with van der Waals surface area (Å²) in [5.74, 6) is -3.81. The normalized spacial score (nSPS) is 19.1. The van der Waals surface area contributed by atoms with Crippen molar-refractivity contribution in [3.8, 4) is 0 Å². The van der Waals surface area contributed by atoms with Gasteiger partial charge < -0.3 is 30.9 Å². The summed E-state index contributed by atoms with van der Waals surface area (Å²) in [7, 11) is 0. The largest absolute Gasteiger partial charge is 0.481 e. The van der Waals surface area contributed by atoms with Crippen LogP contribution in [-0.4, -0.2) is 64.3 Å². The Morgan fingerprint density at radius 1 is 0.946 bits per heavy atom. The van der Waals surface area contributed by atoms with Crippen LogP contribution < -0.4 is 16.0 Å². The summed E-state index contributed by atoms with van der Waals surface area (Å²) in [4.78, 5) is 59.8. The maximum Gasteiger partial charge on any atom is 0.408 e. The molecule has 204 valence electrons. The van der Waals surface area contributed by atoms with E-state index in [1.165, 1.54) is 0 Å². The second-order valence-corrected chi connectivity index (χ2v) is 10.3. The van der Waals surface area contributed by atoms with E-state index in [1.807, 2.05) is 30.3 Å². The van der Waals surface area contributed by atoms with Gasteiger partial charge in [-0.2, -0.15) is 0 Å². The topological polar surface area (TPSA) is 171 Å². The number of alkyl carbamates (subject to hydrolysis) is 1. The van der Waals surface area contributed by atoms with E-state index in [1.54, 1.807) is 20.8 Å². The highest BCUT2D eigenvalue weighted by molar-refractivity contribution is 5.88. The number of benzene rings is 1. The summed E-state index contributed by atoms with van der Waals surface area (Å²) < 4.78 is 5.31. The Bertz CT molecular complexity index is 952. The van der Waals surface area contributed by atoms with Gasteiger partial charge in [0.2, 0.25) is 11.8 Å². The van der Waals surface area contributed by atoms with Gasteiger partial charge in [0.1, 0.15) is 17.7 Å². The Morgan fingerprint density at radius 3 is 2.11 bits per heavy atom. The van der Waals surface area contributed by atoms with Crippen LogP contribution in [0.2, 0.25) is 0 Å². The molecule has 37 heavy (non-hydrogen) atoms. The standard InChI is InChI=1S/C26H37N3O8/c1-26(2,3)37-25(36)29-19(13-16-7-5-4-6-8-16)23(33)27-15-17-9-11-18(12-10-17)22(32)28-20(24(34)35)14-21(30)31/h4-8,17-20H,9-15H2,1-3H3,(H,27,33)(H,28,32)(H,29,36)(H,30,31)(H,34,35)/t17?,18?,19-,20-/m0/s1. The van der Waals surface area contributed by atoms with Gasteiger partial charge in [0.05, 0.1) is 6.42 Å². The maximum atomic E-state index is 13.0.